The summed E-state index contributed by atoms with van der Waals surface area (Å²) < 4.78 is 5.43. The number of hydrogen-bond donors (Lipinski definition) is 4. The topological polar surface area (TPSA) is 119 Å². The molecule has 10 heteroatoms. The van der Waals surface area contributed by atoms with Gasteiger partial charge in [-0.05, 0) is 12.1 Å². The molecule has 1 heterocycles. The van der Waals surface area contributed by atoms with Crippen molar-refractivity contribution >= 4 is 59.2 Å². The summed E-state index contributed by atoms with van der Waals surface area (Å²) in [6.07, 6.45) is 0. The molecule has 0 atom stereocenters. The van der Waals surface area contributed by atoms with E-state index in [1.165, 1.54) is 7.05 Å². The fourth-order valence-corrected chi connectivity index (χ4v) is 2.05. The lowest BCUT2D eigenvalue weighted by atomic mass is 10.2. The van der Waals surface area contributed by atoms with E-state index in [0.717, 1.165) is 0 Å². The number of H-pyrrole nitrogens is 1. The molecule has 0 saturated carbocycles. The van der Waals surface area contributed by atoms with Gasteiger partial charge in [0.2, 0.25) is 0 Å². The maximum absolute atomic E-state index is 12.0. The number of guanidine groups is 1. The summed E-state index contributed by atoms with van der Waals surface area (Å²) in [6.45, 7) is 0.795. The minimum atomic E-state index is -0.394. The summed E-state index contributed by atoms with van der Waals surface area (Å²) in [6, 6.07) is 5.07. The van der Waals surface area contributed by atoms with Gasteiger partial charge < -0.3 is 21.2 Å². The third-order valence-electron chi connectivity index (χ3n) is 2.77. The number of halogens is 3. The average Bonchev–Trinajstić information content (AvgIpc) is 2.89. The molecule has 0 aliphatic heterocycles. The van der Waals surface area contributed by atoms with Gasteiger partial charge in [0.15, 0.2) is 5.96 Å². The third kappa shape index (κ3) is 5.18. The van der Waals surface area contributed by atoms with Gasteiger partial charge in [0.25, 0.3) is 5.91 Å². The Morgan fingerprint density at radius 1 is 1.39 bits per heavy atom. The molecule has 1 aromatic carbocycles. The van der Waals surface area contributed by atoms with Crippen molar-refractivity contribution in [3.63, 3.8) is 0 Å². The van der Waals surface area contributed by atoms with Crippen LogP contribution in [0.15, 0.2) is 23.2 Å². The predicted molar refractivity (Wildman–Crippen MR) is 97.4 cm³/mol. The second-order valence-corrected chi connectivity index (χ2v) is 4.66. The molecule has 0 aliphatic carbocycles. The number of nitrogens with one attached hydrogen (secondary N) is 2. The summed E-state index contributed by atoms with van der Waals surface area (Å²) in [4.78, 5) is 18.6. The molecule has 2 aromatic rings. The van der Waals surface area contributed by atoms with Crippen LogP contribution >= 0.6 is 36.4 Å². The number of ether oxygens (including phenoxy) is 1. The van der Waals surface area contributed by atoms with E-state index in [1.54, 1.807) is 18.2 Å². The van der Waals surface area contributed by atoms with Gasteiger partial charge in [-0.3, -0.25) is 15.1 Å². The third-order valence-corrected chi connectivity index (χ3v) is 3.09. The minimum Gasteiger partial charge on any atom is -0.492 e. The Morgan fingerprint density at radius 2 is 2.09 bits per heavy atom. The van der Waals surface area contributed by atoms with Crippen molar-refractivity contribution in [2.45, 2.75) is 0 Å². The van der Waals surface area contributed by atoms with Crippen molar-refractivity contribution in [2.75, 3.05) is 20.2 Å². The first-order chi connectivity index (χ1) is 10.0. The standard InChI is InChI=1S/C13H16ClN5O2.2ClH/c1-17-13(16)19-12(20)11-6-8-9(14)4-7(21-3-2-15)5-10(8)18-11;;/h4-6,18H,2-3,15H2,1H3,(H3,16,17,19,20);2*1H. The average molecular weight is 383 g/mol. The number of fused-ring (bicyclic) bond motifs is 1. The molecule has 1 amide bonds. The lowest BCUT2D eigenvalue weighted by Gasteiger charge is -2.05. The van der Waals surface area contributed by atoms with Crippen molar-refractivity contribution in [3.05, 3.63) is 28.9 Å². The highest BCUT2D eigenvalue weighted by Gasteiger charge is 2.13. The monoisotopic (exact) mass is 381 g/mol. The smallest absolute Gasteiger partial charge is 0.274 e. The van der Waals surface area contributed by atoms with Gasteiger partial charge in [-0.25, -0.2) is 0 Å². The molecule has 128 valence electrons. The molecule has 0 fully saturated rings. The quantitative estimate of drug-likeness (QED) is 0.475. The van der Waals surface area contributed by atoms with Gasteiger partial charge in [0.05, 0.1) is 10.5 Å². The van der Waals surface area contributed by atoms with Crippen LogP contribution in [0.3, 0.4) is 0 Å². The van der Waals surface area contributed by atoms with Crippen LogP contribution in [0.25, 0.3) is 10.9 Å². The number of rotatable bonds is 4. The zero-order valence-electron chi connectivity index (χ0n) is 12.3. The number of benzene rings is 1. The van der Waals surface area contributed by atoms with E-state index in [0.29, 0.717) is 40.5 Å². The number of amides is 1. The van der Waals surface area contributed by atoms with Crippen LogP contribution in [0.2, 0.25) is 5.02 Å². The van der Waals surface area contributed by atoms with Crippen LogP contribution in [-0.2, 0) is 0 Å². The Hall–Kier alpha value is -1.67. The fourth-order valence-electron chi connectivity index (χ4n) is 1.79. The van der Waals surface area contributed by atoms with Gasteiger partial charge in [0.1, 0.15) is 18.1 Å². The Kier molecular flexibility index (Phi) is 8.78. The summed E-state index contributed by atoms with van der Waals surface area (Å²) in [5, 5.41) is 3.64. The fraction of sp³-hybridized carbons (Fsp3) is 0.231. The zero-order chi connectivity index (χ0) is 15.4. The molecule has 0 aliphatic rings. The summed E-state index contributed by atoms with van der Waals surface area (Å²) in [7, 11) is 1.48. The highest BCUT2D eigenvalue weighted by Crippen LogP contribution is 2.29. The molecular weight excluding hydrogens is 365 g/mol. The molecule has 0 spiro atoms. The molecule has 23 heavy (non-hydrogen) atoms. The highest BCUT2D eigenvalue weighted by atomic mass is 35.5. The van der Waals surface area contributed by atoms with Crippen molar-refractivity contribution in [1.82, 2.24) is 10.3 Å². The van der Waals surface area contributed by atoms with Crippen LogP contribution in [0.4, 0.5) is 0 Å². The number of nitrogens with two attached hydrogens (primary N) is 2. The summed E-state index contributed by atoms with van der Waals surface area (Å²) in [5.74, 6) is 0.230. The van der Waals surface area contributed by atoms with Crippen LogP contribution in [0.5, 0.6) is 5.75 Å². The molecule has 2 rings (SSSR count). The molecule has 1 aromatic heterocycles. The molecular formula is C13H18Cl3N5O2. The number of aliphatic imine (C=N–C) groups is 1. The van der Waals surface area contributed by atoms with Gasteiger partial charge in [-0.1, -0.05) is 11.6 Å². The Balaban J connectivity index is 0.00000242. The van der Waals surface area contributed by atoms with Gasteiger partial charge in [-0.2, -0.15) is 0 Å². The van der Waals surface area contributed by atoms with E-state index >= 15 is 0 Å². The molecule has 0 radical (unpaired) electrons. The number of carbonyl (C=O) groups is 1. The first-order valence-corrected chi connectivity index (χ1v) is 6.61. The lowest BCUT2D eigenvalue weighted by Crippen LogP contribution is -2.36. The lowest BCUT2D eigenvalue weighted by molar-refractivity contribution is 0.0972. The summed E-state index contributed by atoms with van der Waals surface area (Å²) >= 11 is 6.18. The SMILES string of the molecule is CN=C(N)NC(=O)c1cc2c(Cl)cc(OCCN)cc2[nH]1.Cl.Cl. The van der Waals surface area contributed by atoms with Crippen LogP contribution in [0.1, 0.15) is 10.5 Å². The normalized spacial score (nSPS) is 10.7. The van der Waals surface area contributed by atoms with E-state index in [-0.39, 0.29) is 30.8 Å². The predicted octanol–water partition coefficient (Wildman–Crippen LogP) is 1.68. The van der Waals surface area contributed by atoms with Crippen molar-refractivity contribution in [2.24, 2.45) is 16.5 Å². The van der Waals surface area contributed by atoms with Gasteiger partial charge in [0, 0.05) is 25.0 Å². The minimum absolute atomic E-state index is 0. The number of aromatic amines is 1. The van der Waals surface area contributed by atoms with Crippen LogP contribution < -0.4 is 21.5 Å². The molecule has 0 unspecified atom stereocenters. The van der Waals surface area contributed by atoms with Crippen molar-refractivity contribution < 1.29 is 9.53 Å². The van der Waals surface area contributed by atoms with Crippen molar-refractivity contribution in [3.8, 4) is 5.75 Å². The second kappa shape index (κ2) is 9.46. The Bertz CT molecular complexity index is 702. The Morgan fingerprint density at radius 3 is 2.70 bits per heavy atom. The van der Waals surface area contributed by atoms with E-state index in [1.807, 2.05) is 0 Å². The molecule has 6 N–H and O–H groups in total. The highest BCUT2D eigenvalue weighted by molar-refractivity contribution is 6.35. The largest absolute Gasteiger partial charge is 0.492 e. The number of nitrogens with zero attached hydrogens (tertiary/aromatic N) is 1. The van der Waals surface area contributed by atoms with Crippen LogP contribution in [-0.4, -0.2) is 37.1 Å². The van der Waals surface area contributed by atoms with E-state index in [2.05, 4.69) is 15.3 Å². The van der Waals surface area contributed by atoms with Gasteiger partial charge in [-0.15, -0.1) is 24.8 Å². The van der Waals surface area contributed by atoms with E-state index in [4.69, 9.17) is 27.8 Å². The number of aromatic nitrogens is 1. The van der Waals surface area contributed by atoms with E-state index < -0.39 is 5.91 Å². The molecule has 0 saturated heterocycles. The van der Waals surface area contributed by atoms with Gasteiger partial charge >= 0.3 is 0 Å². The van der Waals surface area contributed by atoms with Crippen LogP contribution in [0, 0.1) is 0 Å². The summed E-state index contributed by atoms with van der Waals surface area (Å²) in [5.41, 5.74) is 11.9. The van der Waals surface area contributed by atoms with Crippen molar-refractivity contribution in [1.29, 1.82) is 0 Å². The molecule has 7 nitrogen and oxygen atoms in total. The zero-order valence-corrected chi connectivity index (χ0v) is 14.6. The van der Waals surface area contributed by atoms with E-state index in [9.17, 15) is 4.79 Å². The molecule has 0 bridgehead atoms. The Labute approximate surface area is 150 Å². The number of carbonyl (C=O) groups excluding carboxylic acids is 1. The maximum atomic E-state index is 12.0. The second-order valence-electron chi connectivity index (χ2n) is 4.25. The first-order valence-electron chi connectivity index (χ1n) is 6.24. The number of hydrogen-bond acceptors (Lipinski definition) is 4. The maximum Gasteiger partial charge on any atom is 0.274 e. The first kappa shape index (κ1) is 21.3.